The first-order valence-corrected chi connectivity index (χ1v) is 7.57. The molecule has 0 spiro atoms. The fourth-order valence-electron chi connectivity index (χ4n) is 1.90. The molecule has 0 atom stereocenters. The van der Waals surface area contributed by atoms with Gasteiger partial charge in [-0.1, -0.05) is 15.9 Å². The van der Waals surface area contributed by atoms with E-state index in [9.17, 15) is 4.79 Å². The summed E-state index contributed by atoms with van der Waals surface area (Å²) in [6, 6.07) is 6.27. The van der Waals surface area contributed by atoms with Crippen LogP contribution >= 0.6 is 15.9 Å². The van der Waals surface area contributed by atoms with Gasteiger partial charge in [-0.25, -0.2) is 9.97 Å². The molecule has 1 saturated carbocycles. The van der Waals surface area contributed by atoms with Crippen molar-refractivity contribution in [2.45, 2.75) is 25.8 Å². The Morgan fingerprint density at radius 3 is 2.71 bits per heavy atom. The molecule has 21 heavy (non-hydrogen) atoms. The minimum atomic E-state index is -0.156. The van der Waals surface area contributed by atoms with E-state index in [1.165, 1.54) is 6.20 Å². The highest BCUT2D eigenvalue weighted by molar-refractivity contribution is 9.10. The normalized spacial score (nSPS) is 13.8. The first-order valence-electron chi connectivity index (χ1n) is 6.78. The van der Waals surface area contributed by atoms with Crippen molar-refractivity contribution in [3.8, 4) is 0 Å². The van der Waals surface area contributed by atoms with Gasteiger partial charge >= 0.3 is 0 Å². The molecule has 0 radical (unpaired) electrons. The summed E-state index contributed by atoms with van der Waals surface area (Å²) < 4.78 is 1.03. The van der Waals surface area contributed by atoms with Crippen LogP contribution in [0.25, 0.3) is 0 Å². The van der Waals surface area contributed by atoms with E-state index in [0.717, 1.165) is 28.6 Å². The van der Waals surface area contributed by atoms with Gasteiger partial charge in [-0.05, 0) is 43.5 Å². The van der Waals surface area contributed by atoms with Crippen LogP contribution < -0.4 is 10.6 Å². The van der Waals surface area contributed by atoms with Crippen molar-refractivity contribution < 1.29 is 4.79 Å². The summed E-state index contributed by atoms with van der Waals surface area (Å²) in [6.07, 6.45) is 5.18. The summed E-state index contributed by atoms with van der Waals surface area (Å²) in [7, 11) is 0. The molecule has 0 bridgehead atoms. The number of nitrogens with one attached hydrogen (secondary N) is 2. The Balaban J connectivity index is 1.70. The molecule has 3 rings (SSSR count). The summed E-state index contributed by atoms with van der Waals surface area (Å²) in [5.74, 6) is 0.458. The maximum atomic E-state index is 11.8. The Bertz CT molecular complexity index is 668. The first kappa shape index (κ1) is 14.0. The van der Waals surface area contributed by atoms with Crippen molar-refractivity contribution in [1.29, 1.82) is 0 Å². The van der Waals surface area contributed by atoms with Gasteiger partial charge in [-0.15, -0.1) is 0 Å². The van der Waals surface area contributed by atoms with Crippen molar-refractivity contribution in [2.75, 3.05) is 5.32 Å². The van der Waals surface area contributed by atoms with Gasteiger partial charge in [-0.2, -0.15) is 0 Å². The van der Waals surface area contributed by atoms with Crippen LogP contribution in [-0.4, -0.2) is 21.9 Å². The van der Waals surface area contributed by atoms with Gasteiger partial charge in [-0.3, -0.25) is 4.79 Å². The standard InChI is InChI=1S/C15H15BrN4O/c1-9-6-10(16)2-5-12(9)20-14-8-17-13(7-18-14)15(21)19-11-3-4-11/h2,5-8,11H,3-4H2,1H3,(H,18,20)(H,19,21). The van der Waals surface area contributed by atoms with E-state index in [1.807, 2.05) is 25.1 Å². The smallest absolute Gasteiger partial charge is 0.271 e. The largest absolute Gasteiger partial charge is 0.348 e. The van der Waals surface area contributed by atoms with Crippen molar-refractivity contribution in [3.63, 3.8) is 0 Å². The molecule has 0 saturated heterocycles. The second-order valence-corrected chi connectivity index (χ2v) is 6.03. The predicted octanol–water partition coefficient (Wildman–Crippen LogP) is 3.18. The van der Waals surface area contributed by atoms with Gasteiger partial charge in [0.1, 0.15) is 11.5 Å². The average Bonchev–Trinajstić information content (AvgIpc) is 3.26. The highest BCUT2D eigenvalue weighted by Gasteiger charge is 2.24. The number of carbonyl (C=O) groups excluding carboxylic acids is 1. The topological polar surface area (TPSA) is 66.9 Å². The summed E-state index contributed by atoms with van der Waals surface area (Å²) in [5.41, 5.74) is 2.41. The molecule has 1 fully saturated rings. The quantitative estimate of drug-likeness (QED) is 0.892. The fraction of sp³-hybridized carbons (Fsp3) is 0.267. The SMILES string of the molecule is Cc1cc(Br)ccc1Nc1cnc(C(=O)NC2CC2)cn1. The minimum Gasteiger partial charge on any atom is -0.348 e. The third-order valence-corrected chi connectivity index (χ3v) is 3.74. The van der Waals surface area contributed by atoms with Crippen LogP contribution in [0.4, 0.5) is 11.5 Å². The van der Waals surface area contributed by atoms with Crippen LogP contribution in [0.3, 0.4) is 0 Å². The van der Waals surface area contributed by atoms with Crippen LogP contribution in [0.2, 0.25) is 0 Å². The minimum absolute atomic E-state index is 0.156. The number of rotatable bonds is 4. The second-order valence-electron chi connectivity index (χ2n) is 5.12. The molecule has 0 unspecified atom stereocenters. The highest BCUT2D eigenvalue weighted by Crippen LogP contribution is 2.23. The number of aromatic nitrogens is 2. The Morgan fingerprint density at radius 1 is 1.29 bits per heavy atom. The van der Waals surface area contributed by atoms with Crippen LogP contribution in [0, 0.1) is 6.92 Å². The zero-order valence-corrected chi connectivity index (χ0v) is 13.1. The lowest BCUT2D eigenvalue weighted by Gasteiger charge is -2.09. The molecule has 1 aliphatic rings. The molecule has 0 aliphatic heterocycles. The number of benzene rings is 1. The van der Waals surface area contributed by atoms with Crippen molar-refractivity contribution >= 4 is 33.3 Å². The molecule has 6 heteroatoms. The molecular weight excluding hydrogens is 332 g/mol. The number of amides is 1. The Kier molecular flexibility index (Phi) is 3.88. The monoisotopic (exact) mass is 346 g/mol. The van der Waals surface area contributed by atoms with Crippen molar-refractivity contribution in [3.05, 3.63) is 46.3 Å². The van der Waals surface area contributed by atoms with E-state index in [-0.39, 0.29) is 5.91 Å². The summed E-state index contributed by atoms with van der Waals surface area (Å²) in [6.45, 7) is 2.01. The number of halogens is 1. The van der Waals surface area contributed by atoms with E-state index in [4.69, 9.17) is 0 Å². The number of hydrogen-bond donors (Lipinski definition) is 2. The number of aryl methyl sites for hydroxylation is 1. The van der Waals surface area contributed by atoms with Gasteiger partial charge < -0.3 is 10.6 Å². The lowest BCUT2D eigenvalue weighted by molar-refractivity contribution is 0.0945. The van der Waals surface area contributed by atoms with Gasteiger partial charge in [0.2, 0.25) is 0 Å². The van der Waals surface area contributed by atoms with E-state index < -0.39 is 0 Å². The fourth-order valence-corrected chi connectivity index (χ4v) is 2.38. The van der Waals surface area contributed by atoms with Gasteiger partial charge in [0.15, 0.2) is 0 Å². The summed E-state index contributed by atoms with van der Waals surface area (Å²) >= 11 is 3.43. The van der Waals surface area contributed by atoms with Crippen molar-refractivity contribution in [1.82, 2.24) is 15.3 Å². The molecule has 1 aromatic carbocycles. The average molecular weight is 347 g/mol. The molecule has 2 aromatic rings. The maximum Gasteiger partial charge on any atom is 0.271 e. The zero-order chi connectivity index (χ0) is 14.8. The Labute approximate surface area is 131 Å². The van der Waals surface area contributed by atoms with Crippen molar-refractivity contribution in [2.24, 2.45) is 0 Å². The Morgan fingerprint density at radius 2 is 2.10 bits per heavy atom. The molecule has 1 aromatic heterocycles. The van der Waals surface area contributed by atoms with E-state index >= 15 is 0 Å². The first-order chi connectivity index (χ1) is 10.1. The van der Waals surface area contributed by atoms with E-state index in [1.54, 1.807) is 6.20 Å². The van der Waals surface area contributed by atoms with Gasteiger partial charge in [0, 0.05) is 16.2 Å². The molecule has 108 valence electrons. The predicted molar refractivity (Wildman–Crippen MR) is 84.7 cm³/mol. The number of nitrogens with zero attached hydrogens (tertiary/aromatic N) is 2. The van der Waals surface area contributed by atoms with Gasteiger partial charge in [0.05, 0.1) is 12.4 Å². The van der Waals surface area contributed by atoms with Gasteiger partial charge in [0.25, 0.3) is 5.91 Å². The molecule has 1 amide bonds. The lowest BCUT2D eigenvalue weighted by atomic mass is 10.2. The summed E-state index contributed by atoms with van der Waals surface area (Å²) in [4.78, 5) is 20.2. The summed E-state index contributed by atoms with van der Waals surface area (Å²) in [5, 5.41) is 6.08. The third-order valence-electron chi connectivity index (χ3n) is 3.25. The highest BCUT2D eigenvalue weighted by atomic mass is 79.9. The molecule has 2 N–H and O–H groups in total. The lowest BCUT2D eigenvalue weighted by Crippen LogP contribution is -2.26. The molecule has 1 heterocycles. The maximum absolute atomic E-state index is 11.8. The zero-order valence-electron chi connectivity index (χ0n) is 11.6. The van der Waals surface area contributed by atoms with Crippen LogP contribution in [0.5, 0.6) is 0 Å². The van der Waals surface area contributed by atoms with E-state index in [0.29, 0.717) is 17.6 Å². The number of carbonyl (C=O) groups is 1. The molecular formula is C15H15BrN4O. The molecule has 5 nitrogen and oxygen atoms in total. The van der Waals surface area contributed by atoms with Crippen LogP contribution in [0.15, 0.2) is 35.1 Å². The molecule has 1 aliphatic carbocycles. The van der Waals surface area contributed by atoms with Crippen LogP contribution in [0.1, 0.15) is 28.9 Å². The number of hydrogen-bond acceptors (Lipinski definition) is 4. The Hall–Kier alpha value is -1.95. The third kappa shape index (κ3) is 3.58. The van der Waals surface area contributed by atoms with Crippen LogP contribution in [-0.2, 0) is 0 Å². The second kappa shape index (κ2) is 5.81. The number of anilines is 2. The van der Waals surface area contributed by atoms with E-state index in [2.05, 4.69) is 36.5 Å².